The van der Waals surface area contributed by atoms with Crippen molar-refractivity contribution in [2.24, 2.45) is 5.92 Å². The topological polar surface area (TPSA) is 45.8 Å². The second-order valence-corrected chi connectivity index (χ2v) is 8.55. The Hall–Kier alpha value is -2.45. The van der Waals surface area contributed by atoms with E-state index < -0.39 is 6.36 Å². The van der Waals surface area contributed by atoms with Gasteiger partial charge in [-0.1, -0.05) is 12.1 Å². The molecular formula is C24H30F3N3O2. The Balaban J connectivity index is 1.44. The molecule has 2 unspecified atom stereocenters. The van der Waals surface area contributed by atoms with E-state index in [1.54, 1.807) is 6.92 Å². The van der Waals surface area contributed by atoms with E-state index in [1.807, 2.05) is 13.1 Å². The van der Waals surface area contributed by atoms with Crippen molar-refractivity contribution in [2.75, 3.05) is 50.5 Å². The zero-order valence-corrected chi connectivity index (χ0v) is 18.5. The predicted octanol–water partition coefficient (Wildman–Crippen LogP) is 4.98. The minimum absolute atomic E-state index is 0.138. The summed E-state index contributed by atoms with van der Waals surface area (Å²) < 4.78 is 48.7. The van der Waals surface area contributed by atoms with Gasteiger partial charge in [0.05, 0.1) is 13.2 Å². The molecule has 1 aliphatic carbocycles. The lowest BCUT2D eigenvalue weighted by molar-refractivity contribution is -0.274. The SMILES string of the molecule is CNc1ccc(C2CC2CNc2cc(CN3CCOCC3)c(C)c(OC(F)(F)F)c2)cc1. The van der Waals surface area contributed by atoms with Crippen LogP contribution in [0.25, 0.3) is 0 Å². The molecule has 2 aromatic rings. The standard InChI is InChI=1S/C24H30F3N3O2/c1-16-19(15-30-7-9-31-10-8-30)11-21(13-23(16)32-24(25,26)27)29-14-18-12-22(18)17-3-5-20(28-2)6-4-17/h3-6,11,13,18,22,28-29H,7-10,12,14-15H2,1-2H3. The molecule has 0 amide bonds. The molecular weight excluding hydrogens is 419 g/mol. The number of ether oxygens (including phenoxy) is 2. The summed E-state index contributed by atoms with van der Waals surface area (Å²) in [6.45, 7) is 5.78. The summed E-state index contributed by atoms with van der Waals surface area (Å²) in [6, 6.07) is 11.8. The van der Waals surface area contributed by atoms with Gasteiger partial charge in [0.2, 0.25) is 0 Å². The van der Waals surface area contributed by atoms with Gasteiger partial charge in [0.1, 0.15) is 5.75 Å². The van der Waals surface area contributed by atoms with E-state index in [-0.39, 0.29) is 5.75 Å². The van der Waals surface area contributed by atoms with E-state index >= 15 is 0 Å². The average Bonchev–Trinajstić information content (AvgIpc) is 3.55. The number of hydrogen-bond donors (Lipinski definition) is 2. The van der Waals surface area contributed by atoms with Gasteiger partial charge in [-0.3, -0.25) is 4.90 Å². The maximum Gasteiger partial charge on any atom is 0.573 e. The third kappa shape index (κ3) is 5.86. The summed E-state index contributed by atoms with van der Waals surface area (Å²) in [7, 11) is 1.89. The molecule has 174 valence electrons. The molecule has 0 radical (unpaired) electrons. The van der Waals surface area contributed by atoms with Crippen molar-refractivity contribution in [3.63, 3.8) is 0 Å². The number of hydrogen-bond acceptors (Lipinski definition) is 5. The smallest absolute Gasteiger partial charge is 0.405 e. The van der Waals surface area contributed by atoms with Crippen LogP contribution in [0.4, 0.5) is 24.5 Å². The first-order valence-corrected chi connectivity index (χ1v) is 11.0. The zero-order chi connectivity index (χ0) is 22.7. The highest BCUT2D eigenvalue weighted by atomic mass is 19.4. The molecule has 2 aliphatic rings. The van der Waals surface area contributed by atoms with Crippen molar-refractivity contribution in [1.82, 2.24) is 4.90 Å². The lowest BCUT2D eigenvalue weighted by Crippen LogP contribution is -2.35. The molecule has 2 aromatic carbocycles. The highest BCUT2D eigenvalue weighted by molar-refractivity contribution is 5.56. The van der Waals surface area contributed by atoms with Crippen molar-refractivity contribution < 1.29 is 22.6 Å². The Bertz CT molecular complexity index is 912. The van der Waals surface area contributed by atoms with Gasteiger partial charge < -0.3 is 20.1 Å². The molecule has 2 atom stereocenters. The van der Waals surface area contributed by atoms with Crippen LogP contribution in [0, 0.1) is 12.8 Å². The van der Waals surface area contributed by atoms with Crippen LogP contribution < -0.4 is 15.4 Å². The van der Waals surface area contributed by atoms with Gasteiger partial charge in [-0.05, 0) is 60.1 Å². The lowest BCUT2D eigenvalue weighted by Gasteiger charge is -2.28. The minimum Gasteiger partial charge on any atom is -0.405 e. The van der Waals surface area contributed by atoms with Crippen LogP contribution in [0.3, 0.4) is 0 Å². The molecule has 1 aliphatic heterocycles. The number of nitrogens with zero attached hydrogens (tertiary/aromatic N) is 1. The fourth-order valence-corrected chi connectivity index (χ4v) is 4.27. The summed E-state index contributed by atoms with van der Waals surface area (Å²) in [6.07, 6.45) is -3.65. The number of nitrogens with one attached hydrogen (secondary N) is 2. The van der Waals surface area contributed by atoms with Gasteiger partial charge in [0.15, 0.2) is 0 Å². The van der Waals surface area contributed by atoms with Crippen LogP contribution in [-0.2, 0) is 11.3 Å². The summed E-state index contributed by atoms with van der Waals surface area (Å²) >= 11 is 0. The molecule has 0 bridgehead atoms. The largest absolute Gasteiger partial charge is 0.573 e. The minimum atomic E-state index is -4.72. The molecule has 1 heterocycles. The molecule has 2 N–H and O–H groups in total. The Morgan fingerprint density at radius 2 is 1.81 bits per heavy atom. The first kappa shape index (κ1) is 22.7. The van der Waals surface area contributed by atoms with E-state index in [2.05, 4.69) is 44.5 Å². The van der Waals surface area contributed by atoms with Gasteiger partial charge in [-0.25, -0.2) is 0 Å². The molecule has 5 nitrogen and oxygen atoms in total. The summed E-state index contributed by atoms with van der Waals surface area (Å²) in [5.41, 5.74) is 4.40. The van der Waals surface area contributed by atoms with Crippen molar-refractivity contribution in [2.45, 2.75) is 32.2 Å². The second kappa shape index (κ2) is 9.58. The van der Waals surface area contributed by atoms with Gasteiger partial charge >= 0.3 is 6.36 Å². The molecule has 1 saturated heterocycles. The fourth-order valence-electron chi connectivity index (χ4n) is 4.27. The van der Waals surface area contributed by atoms with Gasteiger partial charge in [-0.2, -0.15) is 0 Å². The monoisotopic (exact) mass is 449 g/mol. The Labute approximate surface area is 186 Å². The van der Waals surface area contributed by atoms with E-state index in [9.17, 15) is 13.2 Å². The van der Waals surface area contributed by atoms with E-state index in [0.717, 1.165) is 30.8 Å². The number of anilines is 2. The van der Waals surface area contributed by atoms with Crippen LogP contribution in [0.1, 0.15) is 29.0 Å². The van der Waals surface area contributed by atoms with E-state index in [1.165, 1.54) is 11.6 Å². The Kier molecular flexibility index (Phi) is 6.81. The van der Waals surface area contributed by atoms with Gasteiger partial charge in [0, 0.05) is 50.7 Å². The lowest BCUT2D eigenvalue weighted by atomic mass is 10.0. The number of morpholine rings is 1. The van der Waals surface area contributed by atoms with Gasteiger partial charge in [-0.15, -0.1) is 13.2 Å². The predicted molar refractivity (Wildman–Crippen MR) is 119 cm³/mol. The van der Waals surface area contributed by atoms with Crippen molar-refractivity contribution in [1.29, 1.82) is 0 Å². The molecule has 0 aromatic heterocycles. The zero-order valence-electron chi connectivity index (χ0n) is 18.5. The first-order valence-electron chi connectivity index (χ1n) is 11.0. The number of rotatable bonds is 8. The maximum absolute atomic E-state index is 13.0. The van der Waals surface area contributed by atoms with Crippen molar-refractivity contribution >= 4 is 11.4 Å². The molecule has 2 fully saturated rings. The van der Waals surface area contributed by atoms with Crippen LogP contribution in [0.2, 0.25) is 0 Å². The summed E-state index contributed by atoms with van der Waals surface area (Å²) in [4.78, 5) is 2.19. The van der Waals surface area contributed by atoms with Crippen LogP contribution in [0.15, 0.2) is 36.4 Å². The number of benzene rings is 2. The quantitative estimate of drug-likeness (QED) is 0.595. The summed E-state index contributed by atoms with van der Waals surface area (Å²) in [5, 5.41) is 6.47. The average molecular weight is 450 g/mol. The Morgan fingerprint density at radius 3 is 2.47 bits per heavy atom. The van der Waals surface area contributed by atoms with E-state index in [4.69, 9.17) is 4.74 Å². The number of halogens is 3. The number of alkyl halides is 3. The van der Waals surface area contributed by atoms with Gasteiger partial charge in [0.25, 0.3) is 0 Å². The van der Waals surface area contributed by atoms with Crippen LogP contribution in [-0.4, -0.2) is 51.2 Å². The molecule has 8 heteroatoms. The maximum atomic E-state index is 13.0. The third-order valence-corrected chi connectivity index (χ3v) is 6.31. The molecule has 4 rings (SSSR count). The van der Waals surface area contributed by atoms with Crippen LogP contribution in [0.5, 0.6) is 5.75 Å². The molecule has 0 spiro atoms. The normalized spacial score (nSPS) is 21.3. The Morgan fingerprint density at radius 1 is 1.09 bits per heavy atom. The van der Waals surface area contributed by atoms with Crippen molar-refractivity contribution in [3.05, 3.63) is 53.1 Å². The third-order valence-electron chi connectivity index (χ3n) is 6.31. The van der Waals surface area contributed by atoms with Crippen molar-refractivity contribution in [3.8, 4) is 5.75 Å². The highest BCUT2D eigenvalue weighted by Crippen LogP contribution is 2.47. The second-order valence-electron chi connectivity index (χ2n) is 8.55. The first-order chi connectivity index (χ1) is 15.3. The fraction of sp³-hybridized carbons (Fsp3) is 0.500. The van der Waals surface area contributed by atoms with E-state index in [0.29, 0.717) is 49.4 Å². The molecule has 1 saturated carbocycles. The highest BCUT2D eigenvalue weighted by Gasteiger charge is 2.38. The summed E-state index contributed by atoms with van der Waals surface area (Å²) in [5.74, 6) is 0.810. The molecule has 32 heavy (non-hydrogen) atoms. The van der Waals surface area contributed by atoms with Crippen LogP contribution >= 0.6 is 0 Å².